The number of rotatable bonds is 8. The number of ether oxygens (including phenoxy) is 1. The third-order valence-electron chi connectivity index (χ3n) is 2.23. The lowest BCUT2D eigenvalue weighted by Crippen LogP contribution is -2.18. The SMILES string of the molecule is CCC(N)CCCOCCC(C)C. The summed E-state index contributed by atoms with van der Waals surface area (Å²) in [4.78, 5) is 0. The molecule has 13 heavy (non-hydrogen) atoms. The summed E-state index contributed by atoms with van der Waals surface area (Å²) in [6.45, 7) is 8.34. The van der Waals surface area contributed by atoms with Gasteiger partial charge in [-0.05, 0) is 31.6 Å². The molecule has 2 nitrogen and oxygen atoms in total. The Kier molecular flexibility index (Phi) is 8.46. The van der Waals surface area contributed by atoms with Crippen LogP contribution in [-0.2, 0) is 4.74 Å². The van der Waals surface area contributed by atoms with Crippen LogP contribution in [0.2, 0.25) is 0 Å². The molecule has 1 atom stereocenters. The zero-order chi connectivity index (χ0) is 10.1. The lowest BCUT2D eigenvalue weighted by atomic mass is 10.1. The average Bonchev–Trinajstić information content (AvgIpc) is 2.10. The van der Waals surface area contributed by atoms with E-state index in [9.17, 15) is 0 Å². The van der Waals surface area contributed by atoms with E-state index in [-0.39, 0.29) is 0 Å². The Bertz CT molecular complexity index is 104. The van der Waals surface area contributed by atoms with Gasteiger partial charge in [0.25, 0.3) is 0 Å². The van der Waals surface area contributed by atoms with Crippen molar-refractivity contribution in [3.63, 3.8) is 0 Å². The van der Waals surface area contributed by atoms with Crippen molar-refractivity contribution in [3.8, 4) is 0 Å². The third kappa shape index (κ3) is 9.84. The standard InChI is InChI=1S/C11H25NO/c1-4-11(12)6-5-8-13-9-7-10(2)3/h10-11H,4-9,12H2,1-3H3. The maximum Gasteiger partial charge on any atom is 0.0468 e. The van der Waals surface area contributed by atoms with Crippen molar-refractivity contribution >= 4 is 0 Å². The molecule has 0 amide bonds. The fraction of sp³-hybridized carbons (Fsp3) is 1.00. The van der Waals surface area contributed by atoms with Crippen LogP contribution in [0.15, 0.2) is 0 Å². The van der Waals surface area contributed by atoms with E-state index in [1.807, 2.05) is 0 Å². The zero-order valence-corrected chi connectivity index (χ0v) is 9.38. The van der Waals surface area contributed by atoms with Gasteiger partial charge in [0.1, 0.15) is 0 Å². The van der Waals surface area contributed by atoms with Gasteiger partial charge in [0.15, 0.2) is 0 Å². The Hall–Kier alpha value is -0.0800. The highest BCUT2D eigenvalue weighted by atomic mass is 16.5. The maximum absolute atomic E-state index is 5.78. The van der Waals surface area contributed by atoms with Gasteiger partial charge in [-0.1, -0.05) is 20.8 Å². The van der Waals surface area contributed by atoms with Gasteiger partial charge >= 0.3 is 0 Å². The normalized spacial score (nSPS) is 13.6. The van der Waals surface area contributed by atoms with Crippen LogP contribution in [0, 0.1) is 5.92 Å². The summed E-state index contributed by atoms with van der Waals surface area (Å²) in [6, 6.07) is 0.369. The van der Waals surface area contributed by atoms with Gasteiger partial charge in [0.2, 0.25) is 0 Å². The summed E-state index contributed by atoms with van der Waals surface area (Å²) in [6.07, 6.45) is 4.44. The van der Waals surface area contributed by atoms with E-state index in [0.29, 0.717) is 6.04 Å². The monoisotopic (exact) mass is 187 g/mol. The van der Waals surface area contributed by atoms with Crippen molar-refractivity contribution in [1.29, 1.82) is 0 Å². The predicted octanol–water partition coefficient (Wildman–Crippen LogP) is 2.57. The molecule has 0 aromatic rings. The van der Waals surface area contributed by atoms with Crippen molar-refractivity contribution in [2.24, 2.45) is 11.7 Å². The second-order valence-electron chi connectivity index (χ2n) is 4.11. The molecule has 2 N–H and O–H groups in total. The number of hydrogen-bond acceptors (Lipinski definition) is 2. The molecule has 0 saturated heterocycles. The van der Waals surface area contributed by atoms with Crippen LogP contribution in [0.25, 0.3) is 0 Å². The van der Waals surface area contributed by atoms with Crippen LogP contribution in [-0.4, -0.2) is 19.3 Å². The molecule has 0 aliphatic rings. The minimum Gasteiger partial charge on any atom is -0.381 e. The van der Waals surface area contributed by atoms with E-state index < -0.39 is 0 Å². The summed E-state index contributed by atoms with van der Waals surface area (Å²) >= 11 is 0. The molecule has 0 aliphatic heterocycles. The Labute approximate surface area is 82.8 Å². The lowest BCUT2D eigenvalue weighted by Gasteiger charge is -2.09. The van der Waals surface area contributed by atoms with Crippen molar-refractivity contribution in [2.75, 3.05) is 13.2 Å². The molecule has 0 saturated carbocycles. The first-order valence-corrected chi connectivity index (χ1v) is 5.50. The van der Waals surface area contributed by atoms with Crippen LogP contribution in [0.1, 0.15) is 46.5 Å². The molecule has 0 rings (SSSR count). The predicted molar refractivity (Wildman–Crippen MR) is 57.8 cm³/mol. The summed E-state index contributed by atoms with van der Waals surface area (Å²) in [5.41, 5.74) is 5.78. The Morgan fingerprint density at radius 3 is 2.38 bits per heavy atom. The molecule has 0 heterocycles. The van der Waals surface area contributed by atoms with Crippen LogP contribution in [0.3, 0.4) is 0 Å². The lowest BCUT2D eigenvalue weighted by molar-refractivity contribution is 0.119. The quantitative estimate of drug-likeness (QED) is 0.593. The molecular weight excluding hydrogens is 162 g/mol. The van der Waals surface area contributed by atoms with Gasteiger partial charge in [-0.2, -0.15) is 0 Å². The largest absolute Gasteiger partial charge is 0.381 e. The molecule has 0 bridgehead atoms. The van der Waals surface area contributed by atoms with Gasteiger partial charge in [-0.3, -0.25) is 0 Å². The molecule has 80 valence electrons. The minimum absolute atomic E-state index is 0.369. The molecule has 0 aliphatic carbocycles. The fourth-order valence-corrected chi connectivity index (χ4v) is 1.07. The fourth-order valence-electron chi connectivity index (χ4n) is 1.07. The average molecular weight is 187 g/mol. The first-order chi connectivity index (χ1) is 6.16. The van der Waals surface area contributed by atoms with E-state index in [1.165, 1.54) is 6.42 Å². The van der Waals surface area contributed by atoms with Crippen LogP contribution >= 0.6 is 0 Å². The third-order valence-corrected chi connectivity index (χ3v) is 2.23. The minimum atomic E-state index is 0.369. The number of hydrogen-bond donors (Lipinski definition) is 1. The van der Waals surface area contributed by atoms with E-state index in [0.717, 1.165) is 38.4 Å². The molecular formula is C11H25NO. The van der Waals surface area contributed by atoms with Crippen molar-refractivity contribution in [1.82, 2.24) is 0 Å². The summed E-state index contributed by atoms with van der Waals surface area (Å²) < 4.78 is 5.48. The highest BCUT2D eigenvalue weighted by Crippen LogP contribution is 2.01. The van der Waals surface area contributed by atoms with Gasteiger partial charge in [0, 0.05) is 19.3 Å². The summed E-state index contributed by atoms with van der Waals surface area (Å²) in [5, 5.41) is 0. The first-order valence-electron chi connectivity index (χ1n) is 5.50. The smallest absolute Gasteiger partial charge is 0.0468 e. The van der Waals surface area contributed by atoms with Crippen LogP contribution in [0.4, 0.5) is 0 Å². The second-order valence-corrected chi connectivity index (χ2v) is 4.11. The maximum atomic E-state index is 5.78. The van der Waals surface area contributed by atoms with E-state index in [1.54, 1.807) is 0 Å². The Morgan fingerprint density at radius 1 is 1.15 bits per heavy atom. The van der Waals surface area contributed by atoms with Crippen LogP contribution in [0.5, 0.6) is 0 Å². The van der Waals surface area contributed by atoms with Gasteiger partial charge in [-0.25, -0.2) is 0 Å². The molecule has 2 heteroatoms. The second kappa shape index (κ2) is 8.52. The van der Waals surface area contributed by atoms with Crippen LogP contribution < -0.4 is 5.73 Å². The van der Waals surface area contributed by atoms with Crippen molar-refractivity contribution in [2.45, 2.75) is 52.5 Å². The molecule has 0 fully saturated rings. The van der Waals surface area contributed by atoms with E-state index in [2.05, 4.69) is 20.8 Å². The van der Waals surface area contributed by atoms with Gasteiger partial charge in [0.05, 0.1) is 0 Å². The molecule has 0 aromatic heterocycles. The highest BCUT2D eigenvalue weighted by Gasteiger charge is 1.98. The number of nitrogens with two attached hydrogens (primary N) is 1. The zero-order valence-electron chi connectivity index (χ0n) is 9.38. The first kappa shape index (κ1) is 12.9. The molecule has 0 radical (unpaired) electrons. The van der Waals surface area contributed by atoms with E-state index >= 15 is 0 Å². The molecule has 0 aromatic carbocycles. The van der Waals surface area contributed by atoms with Gasteiger partial charge in [-0.15, -0.1) is 0 Å². The summed E-state index contributed by atoms with van der Waals surface area (Å²) in [7, 11) is 0. The Morgan fingerprint density at radius 2 is 1.85 bits per heavy atom. The van der Waals surface area contributed by atoms with Crippen molar-refractivity contribution in [3.05, 3.63) is 0 Å². The molecule has 1 unspecified atom stereocenters. The summed E-state index contributed by atoms with van der Waals surface area (Å²) in [5.74, 6) is 0.748. The van der Waals surface area contributed by atoms with E-state index in [4.69, 9.17) is 10.5 Å². The van der Waals surface area contributed by atoms with Crippen molar-refractivity contribution < 1.29 is 4.74 Å². The molecule has 0 spiro atoms. The Balaban J connectivity index is 2.99. The van der Waals surface area contributed by atoms with Gasteiger partial charge < -0.3 is 10.5 Å². The highest BCUT2D eigenvalue weighted by molar-refractivity contribution is 4.57. The topological polar surface area (TPSA) is 35.2 Å².